The highest BCUT2D eigenvalue weighted by Crippen LogP contribution is 2.29. The van der Waals surface area contributed by atoms with Gasteiger partial charge >= 0.3 is 6.09 Å². The molecule has 1 aromatic heterocycles. The number of aromatic nitrogens is 1. The number of nitrogen functional groups attached to an aromatic ring is 1. The normalized spacial score (nSPS) is 35.4. The smallest absolute Gasteiger partial charge is 0.410 e. The molecule has 1 fully saturated rings. The third kappa shape index (κ3) is 3.85. The Kier molecular flexibility index (Phi) is 1.93. The van der Waals surface area contributed by atoms with Gasteiger partial charge in [0.1, 0.15) is 11.4 Å². The average molecular weight is 286 g/mol. The van der Waals surface area contributed by atoms with Gasteiger partial charge in [-0.2, -0.15) is 0 Å². The first kappa shape index (κ1) is 6.78. The van der Waals surface area contributed by atoms with Gasteiger partial charge in [0.05, 0.1) is 0 Å². The van der Waals surface area contributed by atoms with E-state index in [0.717, 1.165) is 18.3 Å². The zero-order valence-electron chi connectivity index (χ0n) is 20.5. The Morgan fingerprint density at radius 3 is 2.75 bits per heavy atom. The Bertz CT molecular complexity index is 795. The van der Waals surface area contributed by atoms with Crippen LogP contribution in [-0.4, -0.2) is 34.6 Å². The molecule has 0 saturated carbocycles. The van der Waals surface area contributed by atoms with Gasteiger partial charge in [-0.05, 0) is 57.1 Å². The van der Waals surface area contributed by atoms with E-state index in [4.69, 9.17) is 22.8 Å². The molecule has 20 heavy (non-hydrogen) atoms. The summed E-state index contributed by atoms with van der Waals surface area (Å²) in [6.45, 7) is -2.61. The topological polar surface area (TPSA) is 68.5 Å². The van der Waals surface area contributed by atoms with Crippen molar-refractivity contribution in [1.29, 1.82) is 0 Å². The van der Waals surface area contributed by atoms with E-state index < -0.39 is 48.9 Å². The number of likely N-dealkylation sites (tertiary alicyclic amines) is 1. The number of piperidine rings is 1. The maximum Gasteiger partial charge on any atom is 0.410 e. The van der Waals surface area contributed by atoms with Crippen molar-refractivity contribution in [2.75, 3.05) is 18.7 Å². The summed E-state index contributed by atoms with van der Waals surface area (Å²) in [6.07, 6.45) is -7.37. The van der Waals surface area contributed by atoms with E-state index in [2.05, 4.69) is 4.98 Å². The quantitative estimate of drug-likeness (QED) is 0.862. The number of pyridine rings is 1. The van der Waals surface area contributed by atoms with E-state index in [0.29, 0.717) is 0 Å². The van der Waals surface area contributed by atoms with E-state index in [1.165, 1.54) is 20.8 Å². The summed E-state index contributed by atoms with van der Waals surface area (Å²) in [5.74, 6) is -3.32. The molecule has 0 aromatic carbocycles. The Morgan fingerprint density at radius 1 is 1.55 bits per heavy atom. The van der Waals surface area contributed by atoms with Crippen molar-refractivity contribution in [2.45, 2.75) is 45.0 Å². The third-order valence-corrected chi connectivity index (χ3v) is 2.23. The number of amides is 1. The van der Waals surface area contributed by atoms with E-state index in [-0.39, 0.29) is 10.7 Å². The highest BCUT2D eigenvalue weighted by molar-refractivity contribution is 5.68. The average Bonchev–Trinajstić information content (AvgIpc) is 2.50. The van der Waals surface area contributed by atoms with Crippen LogP contribution in [0.2, 0.25) is 0 Å². The fourth-order valence-corrected chi connectivity index (χ4v) is 1.43. The molecule has 110 valence electrons. The summed E-state index contributed by atoms with van der Waals surface area (Å²) in [6, 6.07) is 2.05. The molecule has 1 aliphatic rings. The lowest BCUT2D eigenvalue weighted by Gasteiger charge is -2.33. The number of nitrogens with two attached hydrogens (primary N) is 1. The summed E-state index contributed by atoms with van der Waals surface area (Å²) >= 11 is 0. The van der Waals surface area contributed by atoms with Crippen LogP contribution in [0.3, 0.4) is 0 Å². The molecule has 2 N–H and O–H groups in total. The predicted molar refractivity (Wildman–Crippen MR) is 78.4 cm³/mol. The van der Waals surface area contributed by atoms with E-state index >= 15 is 0 Å². The number of carbonyl (C=O) groups is 1. The second kappa shape index (κ2) is 5.69. The molecule has 1 saturated heterocycles. The van der Waals surface area contributed by atoms with Gasteiger partial charge in [0.15, 0.2) is 0 Å². The number of rotatable bonds is 1. The Labute approximate surface area is 132 Å². The van der Waals surface area contributed by atoms with Crippen LogP contribution in [0.4, 0.5) is 10.6 Å². The van der Waals surface area contributed by atoms with Crippen LogP contribution in [-0.2, 0) is 4.74 Å². The van der Waals surface area contributed by atoms with Crippen molar-refractivity contribution < 1.29 is 21.9 Å². The molecule has 0 atom stereocenters. The molecule has 0 unspecified atom stereocenters. The molecule has 2 heterocycles. The largest absolute Gasteiger partial charge is 0.444 e. The number of ether oxygens (including phenoxy) is 1. The van der Waals surface area contributed by atoms with E-state index in [1.54, 1.807) is 0 Å². The molecule has 0 bridgehead atoms. The van der Waals surface area contributed by atoms with E-state index in [9.17, 15) is 4.79 Å². The van der Waals surface area contributed by atoms with Gasteiger partial charge in [-0.15, -0.1) is 0 Å². The van der Waals surface area contributed by atoms with Crippen LogP contribution >= 0.6 is 0 Å². The second-order valence-corrected chi connectivity index (χ2v) is 5.13. The van der Waals surface area contributed by atoms with Gasteiger partial charge in [0, 0.05) is 31.5 Å². The van der Waals surface area contributed by atoms with Crippen molar-refractivity contribution in [3.8, 4) is 0 Å². The number of hydrogen-bond donors (Lipinski definition) is 1. The molecule has 5 heteroatoms. The van der Waals surface area contributed by atoms with Crippen molar-refractivity contribution in [3.63, 3.8) is 0 Å². The minimum atomic E-state index is -3.47. The first-order valence-corrected chi connectivity index (χ1v) is 6.00. The maximum atomic E-state index is 12.6. The molecule has 0 aliphatic carbocycles. The van der Waals surface area contributed by atoms with E-state index in [1.807, 2.05) is 0 Å². The first-order chi connectivity index (χ1) is 12.7. The van der Waals surface area contributed by atoms with Crippen molar-refractivity contribution in [3.05, 3.63) is 23.9 Å². The Balaban J connectivity index is 2.81. The SMILES string of the molecule is [2H]C1([2H])N(C(=O)OC(C)(C)C)C([2H])([2H])C([2H])([2H])C([2H])(c2ccnc(N)c2)C1([2H])[2H]. The standard InChI is InChI=1S/C15H23N3O2/c1-15(2,3)20-14(19)18-8-5-11(6-9-18)12-4-7-17-13(16)10-12/h4,7,10-11H,5-6,8-9H2,1-3H3,(H2,16,17)/i5D2,6D2,8D2,9D2,11D. The van der Waals surface area contributed by atoms with Crippen molar-refractivity contribution in [2.24, 2.45) is 0 Å². The van der Waals surface area contributed by atoms with Crippen LogP contribution in [0.1, 0.15) is 57.3 Å². The van der Waals surface area contributed by atoms with Crippen LogP contribution in [0, 0.1) is 0 Å². The molecular formula is C15H23N3O2. The summed E-state index contributed by atoms with van der Waals surface area (Å²) in [5, 5.41) is 0. The summed E-state index contributed by atoms with van der Waals surface area (Å²) in [5.41, 5.74) is 3.97. The highest BCUT2D eigenvalue weighted by atomic mass is 16.6. The minimum Gasteiger partial charge on any atom is -0.444 e. The van der Waals surface area contributed by atoms with Gasteiger partial charge in [-0.25, -0.2) is 9.78 Å². The monoisotopic (exact) mass is 286 g/mol. The molecule has 1 amide bonds. The number of hydrogen-bond acceptors (Lipinski definition) is 4. The first-order valence-electron chi connectivity index (χ1n) is 10.5. The zero-order chi connectivity index (χ0) is 22.8. The highest BCUT2D eigenvalue weighted by Gasteiger charge is 2.27. The third-order valence-electron chi connectivity index (χ3n) is 2.23. The van der Waals surface area contributed by atoms with Crippen molar-refractivity contribution in [1.82, 2.24) is 9.88 Å². The van der Waals surface area contributed by atoms with Crippen molar-refractivity contribution >= 4 is 11.9 Å². The fraction of sp³-hybridized carbons (Fsp3) is 0.600. The van der Waals surface area contributed by atoms with Gasteiger partial charge in [0.2, 0.25) is 0 Å². The summed E-state index contributed by atoms with van der Waals surface area (Å²) < 4.78 is 80.2. The Morgan fingerprint density at radius 2 is 2.20 bits per heavy atom. The van der Waals surface area contributed by atoms with Crippen LogP contribution < -0.4 is 5.73 Å². The molecule has 0 radical (unpaired) electrons. The fourth-order valence-electron chi connectivity index (χ4n) is 1.43. The zero-order valence-corrected chi connectivity index (χ0v) is 11.5. The number of anilines is 1. The molecule has 1 aliphatic heterocycles. The van der Waals surface area contributed by atoms with Crippen LogP contribution in [0.15, 0.2) is 18.3 Å². The number of nitrogens with zero attached hydrogens (tertiary/aromatic N) is 2. The van der Waals surface area contributed by atoms with Gasteiger partial charge < -0.3 is 15.4 Å². The van der Waals surface area contributed by atoms with Crippen LogP contribution in [0.5, 0.6) is 0 Å². The van der Waals surface area contributed by atoms with Gasteiger partial charge in [-0.1, -0.05) is 0 Å². The number of carbonyl (C=O) groups excluding carboxylic acids is 1. The molecular weight excluding hydrogens is 254 g/mol. The second-order valence-electron chi connectivity index (χ2n) is 5.13. The lowest BCUT2D eigenvalue weighted by molar-refractivity contribution is 0.0205. The molecule has 5 nitrogen and oxygen atoms in total. The van der Waals surface area contributed by atoms with Crippen LogP contribution in [0.25, 0.3) is 0 Å². The predicted octanol–water partition coefficient (Wildman–Crippen LogP) is 2.78. The Hall–Kier alpha value is -1.78. The maximum absolute atomic E-state index is 12.6. The van der Waals surface area contributed by atoms with Gasteiger partial charge in [-0.3, -0.25) is 0 Å². The molecule has 0 spiro atoms. The minimum absolute atomic E-state index is 0.184. The summed E-state index contributed by atoms with van der Waals surface area (Å²) in [4.78, 5) is 16.1. The lowest BCUT2D eigenvalue weighted by Crippen LogP contribution is -2.41. The molecule has 1 aromatic rings. The molecule has 2 rings (SSSR count). The van der Waals surface area contributed by atoms with Gasteiger partial charge in [0.25, 0.3) is 0 Å². The summed E-state index contributed by atoms with van der Waals surface area (Å²) in [7, 11) is 0. The lowest BCUT2D eigenvalue weighted by atomic mass is 9.90.